The summed E-state index contributed by atoms with van der Waals surface area (Å²) in [6, 6.07) is 12.5. The van der Waals surface area contributed by atoms with Crippen molar-refractivity contribution in [3.63, 3.8) is 0 Å². The molecule has 2 nitrogen and oxygen atoms in total. The van der Waals surface area contributed by atoms with Gasteiger partial charge in [-0.25, -0.2) is 0 Å². The quantitative estimate of drug-likeness (QED) is 0.662. The van der Waals surface area contributed by atoms with Gasteiger partial charge in [0.05, 0.1) is 0 Å². The first-order valence-electron chi connectivity index (χ1n) is 5.08. The summed E-state index contributed by atoms with van der Waals surface area (Å²) in [7, 11) is 0. The number of hydrogen-bond donors (Lipinski definition) is 1. The van der Waals surface area contributed by atoms with Crippen LogP contribution in [0.2, 0.25) is 0 Å². The summed E-state index contributed by atoms with van der Waals surface area (Å²) in [6.07, 6.45) is 1.60. The lowest BCUT2D eigenvalue weighted by atomic mass is 10.0. The Morgan fingerprint density at radius 1 is 0.824 bits per heavy atom. The molecule has 0 spiro atoms. The van der Waals surface area contributed by atoms with Gasteiger partial charge in [-0.1, -0.05) is 36.4 Å². The van der Waals surface area contributed by atoms with Crippen LogP contribution in [0, 0.1) is 0 Å². The van der Waals surface area contributed by atoms with Crippen LogP contribution in [-0.2, 0) is 0 Å². The van der Waals surface area contributed by atoms with Gasteiger partial charge >= 0.3 is 0 Å². The van der Waals surface area contributed by atoms with E-state index < -0.39 is 0 Å². The van der Waals surface area contributed by atoms with E-state index in [1.165, 1.54) is 0 Å². The smallest absolute Gasteiger partial charge is 0.150 e. The van der Waals surface area contributed by atoms with Crippen LogP contribution in [0.4, 0.5) is 0 Å². The molecule has 17 heavy (non-hydrogen) atoms. The number of rotatable bonds is 3. The van der Waals surface area contributed by atoms with Crippen molar-refractivity contribution in [3.8, 4) is 11.1 Å². The molecule has 0 saturated carbocycles. The van der Waals surface area contributed by atoms with Crippen LogP contribution >= 0.6 is 12.6 Å². The molecule has 0 aliphatic carbocycles. The van der Waals surface area contributed by atoms with Gasteiger partial charge in [0, 0.05) is 16.0 Å². The molecule has 2 rings (SSSR count). The van der Waals surface area contributed by atoms with Crippen LogP contribution in [-0.4, -0.2) is 12.6 Å². The Hall–Kier alpha value is -1.87. The molecule has 0 aliphatic heterocycles. The van der Waals surface area contributed by atoms with Gasteiger partial charge in [0.2, 0.25) is 0 Å². The van der Waals surface area contributed by atoms with Crippen LogP contribution in [0.5, 0.6) is 0 Å². The van der Waals surface area contributed by atoms with Gasteiger partial charge in [0.25, 0.3) is 0 Å². The zero-order valence-corrected chi connectivity index (χ0v) is 9.85. The molecule has 0 saturated heterocycles. The van der Waals surface area contributed by atoms with Crippen LogP contribution < -0.4 is 0 Å². The van der Waals surface area contributed by atoms with Crippen molar-refractivity contribution in [2.75, 3.05) is 0 Å². The summed E-state index contributed by atoms with van der Waals surface area (Å²) in [5, 5.41) is 0. The minimum absolute atomic E-state index is 0.600. The number of carbonyl (C=O) groups excluding carboxylic acids is 2. The highest BCUT2D eigenvalue weighted by Gasteiger charge is 2.03. The van der Waals surface area contributed by atoms with Crippen LogP contribution in [0.1, 0.15) is 20.7 Å². The third-order valence-electron chi connectivity index (χ3n) is 2.52. The maximum absolute atomic E-state index is 10.6. The number of benzene rings is 2. The summed E-state index contributed by atoms with van der Waals surface area (Å²) in [6.45, 7) is 0. The fourth-order valence-electron chi connectivity index (χ4n) is 1.61. The lowest BCUT2D eigenvalue weighted by Crippen LogP contribution is -1.85. The summed E-state index contributed by atoms with van der Waals surface area (Å²) in [5.41, 5.74) is 3.15. The minimum Gasteiger partial charge on any atom is -0.298 e. The zero-order chi connectivity index (χ0) is 12.3. The number of hydrogen-bond acceptors (Lipinski definition) is 3. The fraction of sp³-hybridized carbons (Fsp3) is 0. The van der Waals surface area contributed by atoms with Crippen molar-refractivity contribution in [3.05, 3.63) is 53.6 Å². The molecule has 0 unspecified atom stereocenters. The van der Waals surface area contributed by atoms with Crippen LogP contribution in [0.25, 0.3) is 11.1 Å². The topological polar surface area (TPSA) is 34.1 Å². The molecule has 0 radical (unpaired) electrons. The molecule has 2 aromatic carbocycles. The summed E-state index contributed by atoms with van der Waals surface area (Å²) in [5.74, 6) is 0. The van der Waals surface area contributed by atoms with Gasteiger partial charge in [-0.05, 0) is 17.2 Å². The Balaban J connectivity index is 2.45. The molecule has 0 bridgehead atoms. The first kappa shape index (κ1) is 11.6. The number of aldehydes is 2. The molecule has 2 aromatic rings. The molecule has 84 valence electrons. The average molecular weight is 242 g/mol. The molecular formula is C14H10O2S. The van der Waals surface area contributed by atoms with Crippen molar-refractivity contribution < 1.29 is 9.59 Å². The maximum Gasteiger partial charge on any atom is 0.150 e. The first-order valence-corrected chi connectivity index (χ1v) is 5.53. The average Bonchev–Trinajstić information content (AvgIpc) is 2.39. The second-order valence-electron chi connectivity index (χ2n) is 3.63. The van der Waals surface area contributed by atoms with E-state index in [4.69, 9.17) is 0 Å². The molecular weight excluding hydrogens is 232 g/mol. The monoisotopic (exact) mass is 242 g/mol. The molecule has 3 heteroatoms. The Kier molecular flexibility index (Phi) is 3.40. The summed E-state index contributed by atoms with van der Waals surface area (Å²) in [4.78, 5) is 21.9. The fourth-order valence-corrected chi connectivity index (χ4v) is 1.96. The van der Waals surface area contributed by atoms with Gasteiger partial charge in [0.1, 0.15) is 12.6 Å². The number of carbonyl (C=O) groups is 2. The summed E-state index contributed by atoms with van der Waals surface area (Å²) >= 11 is 4.35. The Labute approximate surface area is 105 Å². The van der Waals surface area contributed by atoms with Crippen molar-refractivity contribution >= 4 is 25.2 Å². The second kappa shape index (κ2) is 4.97. The van der Waals surface area contributed by atoms with Crippen LogP contribution in [0.15, 0.2) is 47.4 Å². The highest BCUT2D eigenvalue weighted by molar-refractivity contribution is 7.80. The minimum atomic E-state index is 0.600. The van der Waals surface area contributed by atoms with Crippen molar-refractivity contribution in [1.82, 2.24) is 0 Å². The lowest BCUT2D eigenvalue weighted by Gasteiger charge is -2.06. The standard InChI is InChI=1S/C14H10O2S/c15-8-10-1-4-12(5-2-10)13-6-3-11(9-16)7-14(13)17/h1-9,17H. The molecule has 0 N–H and O–H groups in total. The van der Waals surface area contributed by atoms with Gasteiger partial charge in [-0.2, -0.15) is 0 Å². The normalized spacial score (nSPS) is 9.94. The predicted molar refractivity (Wildman–Crippen MR) is 69.9 cm³/mol. The van der Waals surface area contributed by atoms with E-state index in [0.29, 0.717) is 11.1 Å². The van der Waals surface area contributed by atoms with E-state index in [1.807, 2.05) is 18.2 Å². The largest absolute Gasteiger partial charge is 0.298 e. The predicted octanol–water partition coefficient (Wildman–Crippen LogP) is 3.27. The van der Waals surface area contributed by atoms with Crippen molar-refractivity contribution in [2.45, 2.75) is 4.90 Å². The first-order chi connectivity index (χ1) is 8.24. The highest BCUT2D eigenvalue weighted by atomic mass is 32.1. The SMILES string of the molecule is O=Cc1ccc(-c2ccc(C=O)cc2S)cc1. The van der Waals surface area contributed by atoms with Gasteiger partial charge in [-0.15, -0.1) is 12.6 Å². The molecule has 0 aliphatic rings. The lowest BCUT2D eigenvalue weighted by molar-refractivity contribution is 0.111. The zero-order valence-electron chi connectivity index (χ0n) is 8.96. The molecule has 0 aromatic heterocycles. The van der Waals surface area contributed by atoms with E-state index in [2.05, 4.69) is 12.6 Å². The van der Waals surface area contributed by atoms with Crippen LogP contribution in [0.3, 0.4) is 0 Å². The van der Waals surface area contributed by atoms with Gasteiger partial charge < -0.3 is 0 Å². The van der Waals surface area contributed by atoms with Gasteiger partial charge in [-0.3, -0.25) is 9.59 Å². The Morgan fingerprint density at radius 2 is 1.41 bits per heavy atom. The third kappa shape index (κ3) is 2.45. The molecule has 0 amide bonds. The van der Waals surface area contributed by atoms with Crippen molar-refractivity contribution in [2.24, 2.45) is 0 Å². The van der Waals surface area contributed by atoms with E-state index in [9.17, 15) is 9.59 Å². The number of thiol groups is 1. The van der Waals surface area contributed by atoms with E-state index in [-0.39, 0.29) is 0 Å². The van der Waals surface area contributed by atoms with E-state index in [0.717, 1.165) is 28.6 Å². The Morgan fingerprint density at radius 3 is 1.94 bits per heavy atom. The van der Waals surface area contributed by atoms with Crippen molar-refractivity contribution in [1.29, 1.82) is 0 Å². The maximum atomic E-state index is 10.6. The molecule has 0 atom stereocenters. The molecule has 0 heterocycles. The second-order valence-corrected chi connectivity index (χ2v) is 4.12. The van der Waals surface area contributed by atoms with E-state index >= 15 is 0 Å². The summed E-state index contributed by atoms with van der Waals surface area (Å²) < 4.78 is 0. The van der Waals surface area contributed by atoms with E-state index in [1.54, 1.807) is 24.3 Å². The third-order valence-corrected chi connectivity index (χ3v) is 2.89. The highest BCUT2D eigenvalue weighted by Crippen LogP contribution is 2.27. The van der Waals surface area contributed by atoms with Gasteiger partial charge in [0.15, 0.2) is 0 Å². The Bertz CT molecular complexity index is 559. The molecule has 0 fully saturated rings.